The number of hydrogen-bond acceptors (Lipinski definition) is 1. The van der Waals surface area contributed by atoms with Crippen LogP contribution in [-0.4, -0.2) is 11.7 Å². The lowest BCUT2D eigenvalue weighted by Crippen LogP contribution is -2.05. The average molecular weight is 212 g/mol. The van der Waals surface area contributed by atoms with Crippen LogP contribution in [0.5, 0.6) is 0 Å². The summed E-state index contributed by atoms with van der Waals surface area (Å²) in [5.41, 5.74) is 0.684. The van der Waals surface area contributed by atoms with Gasteiger partial charge >= 0.3 is 0 Å². The summed E-state index contributed by atoms with van der Waals surface area (Å²) >= 11 is 0. The van der Waals surface area contributed by atoms with Crippen LogP contribution in [0.25, 0.3) is 0 Å². The molecule has 0 spiro atoms. The van der Waals surface area contributed by atoms with Crippen LogP contribution < -0.4 is 0 Å². The Morgan fingerprint density at radius 3 is 2.27 bits per heavy atom. The zero-order valence-electron chi connectivity index (χ0n) is 8.42. The molecule has 1 aliphatic carbocycles. The van der Waals surface area contributed by atoms with E-state index in [1.807, 2.05) is 0 Å². The van der Waals surface area contributed by atoms with E-state index in [-0.39, 0.29) is 12.5 Å². The number of aliphatic hydroxyl groups excluding tert-OH is 1. The second-order valence-corrected chi connectivity index (χ2v) is 4.16. The maximum atomic E-state index is 13.0. The van der Waals surface area contributed by atoms with Gasteiger partial charge in [-0.15, -0.1) is 0 Å². The van der Waals surface area contributed by atoms with E-state index in [2.05, 4.69) is 0 Å². The van der Waals surface area contributed by atoms with Crippen molar-refractivity contribution in [3.63, 3.8) is 0 Å². The molecule has 1 N–H and O–H groups in total. The van der Waals surface area contributed by atoms with E-state index in [1.54, 1.807) is 0 Å². The Bertz CT molecular complexity index is 327. The molecule has 1 aromatic carbocycles. The predicted molar refractivity (Wildman–Crippen MR) is 53.5 cm³/mol. The number of halogens is 2. The van der Waals surface area contributed by atoms with Gasteiger partial charge in [-0.2, -0.15) is 0 Å². The fourth-order valence-electron chi connectivity index (χ4n) is 2.10. The molecule has 0 saturated heterocycles. The van der Waals surface area contributed by atoms with Crippen LogP contribution in [-0.2, 0) is 0 Å². The van der Waals surface area contributed by atoms with Gasteiger partial charge in [-0.3, -0.25) is 0 Å². The van der Waals surface area contributed by atoms with Gasteiger partial charge in [0.1, 0.15) is 11.6 Å². The molecule has 1 unspecified atom stereocenters. The molecule has 0 bridgehead atoms. The number of aliphatic hydroxyl groups is 1. The summed E-state index contributed by atoms with van der Waals surface area (Å²) in [6, 6.07) is 3.63. The smallest absolute Gasteiger partial charge is 0.126 e. The number of benzene rings is 1. The van der Waals surface area contributed by atoms with Crippen molar-refractivity contribution < 1.29 is 13.9 Å². The molecule has 0 radical (unpaired) electrons. The van der Waals surface area contributed by atoms with Crippen molar-refractivity contribution in [1.29, 1.82) is 0 Å². The van der Waals surface area contributed by atoms with Gasteiger partial charge in [-0.25, -0.2) is 8.78 Å². The Morgan fingerprint density at radius 2 is 1.80 bits per heavy atom. The third-order valence-corrected chi connectivity index (χ3v) is 2.94. The molecular formula is C12H14F2O. The second kappa shape index (κ2) is 4.27. The molecule has 2 rings (SSSR count). The van der Waals surface area contributed by atoms with E-state index in [0.29, 0.717) is 17.9 Å². The summed E-state index contributed by atoms with van der Waals surface area (Å²) in [6.07, 6.45) is 2.79. The minimum Gasteiger partial charge on any atom is -0.396 e. The Hall–Kier alpha value is -0.960. The third-order valence-electron chi connectivity index (χ3n) is 2.94. The molecule has 82 valence electrons. The maximum Gasteiger partial charge on any atom is 0.126 e. The van der Waals surface area contributed by atoms with Crippen molar-refractivity contribution in [3.05, 3.63) is 35.4 Å². The summed E-state index contributed by atoms with van der Waals surface area (Å²) in [4.78, 5) is 0. The molecule has 1 atom stereocenters. The van der Waals surface area contributed by atoms with Gasteiger partial charge < -0.3 is 5.11 Å². The van der Waals surface area contributed by atoms with Gasteiger partial charge in [0.15, 0.2) is 0 Å². The Morgan fingerprint density at radius 1 is 1.20 bits per heavy atom. The monoisotopic (exact) mass is 212 g/mol. The second-order valence-electron chi connectivity index (χ2n) is 4.16. The molecule has 1 fully saturated rings. The molecule has 1 nitrogen and oxygen atoms in total. The Kier molecular flexibility index (Phi) is 3.00. The van der Waals surface area contributed by atoms with Crippen molar-refractivity contribution in [3.8, 4) is 0 Å². The standard InChI is InChI=1S/C12H14F2O/c13-10-5-9(6-11(14)7-10)12(3-4-15)8-1-2-8/h5-8,12,15H,1-4H2. The molecule has 0 aliphatic heterocycles. The van der Waals surface area contributed by atoms with Crippen LogP contribution in [0.1, 0.15) is 30.7 Å². The van der Waals surface area contributed by atoms with Gasteiger partial charge in [0.05, 0.1) is 0 Å². The van der Waals surface area contributed by atoms with E-state index in [9.17, 15) is 8.78 Å². The highest BCUT2D eigenvalue weighted by molar-refractivity contribution is 5.23. The zero-order chi connectivity index (χ0) is 10.8. The predicted octanol–water partition coefficient (Wildman–Crippen LogP) is 2.84. The van der Waals surface area contributed by atoms with Crippen molar-refractivity contribution in [2.45, 2.75) is 25.2 Å². The first kappa shape index (κ1) is 10.6. The normalized spacial score (nSPS) is 17.8. The van der Waals surface area contributed by atoms with Gasteiger partial charge in [0.2, 0.25) is 0 Å². The maximum absolute atomic E-state index is 13.0. The highest BCUT2D eigenvalue weighted by Crippen LogP contribution is 2.44. The summed E-state index contributed by atoms with van der Waals surface area (Å²) in [5, 5.41) is 8.93. The number of rotatable bonds is 4. The van der Waals surface area contributed by atoms with Crippen molar-refractivity contribution in [1.82, 2.24) is 0 Å². The lowest BCUT2D eigenvalue weighted by Gasteiger charge is -2.15. The molecule has 3 heteroatoms. The Balaban J connectivity index is 2.24. The van der Waals surface area contributed by atoms with Crippen LogP contribution in [0, 0.1) is 17.6 Å². The first-order valence-electron chi connectivity index (χ1n) is 5.27. The topological polar surface area (TPSA) is 20.2 Å². The molecular weight excluding hydrogens is 198 g/mol. The van der Waals surface area contributed by atoms with E-state index in [1.165, 1.54) is 12.1 Å². The molecule has 0 heterocycles. The highest BCUT2D eigenvalue weighted by Gasteiger charge is 2.32. The molecule has 0 amide bonds. The summed E-state index contributed by atoms with van der Waals surface area (Å²) < 4.78 is 26.0. The van der Waals surface area contributed by atoms with E-state index in [0.717, 1.165) is 18.9 Å². The van der Waals surface area contributed by atoms with Crippen molar-refractivity contribution in [2.75, 3.05) is 6.61 Å². The molecule has 15 heavy (non-hydrogen) atoms. The van der Waals surface area contributed by atoms with Gasteiger partial charge in [0, 0.05) is 12.7 Å². The van der Waals surface area contributed by atoms with E-state index >= 15 is 0 Å². The van der Waals surface area contributed by atoms with Crippen LogP contribution >= 0.6 is 0 Å². The Labute approximate surface area is 87.7 Å². The van der Waals surface area contributed by atoms with Crippen LogP contribution in [0.3, 0.4) is 0 Å². The van der Waals surface area contributed by atoms with E-state index < -0.39 is 11.6 Å². The van der Waals surface area contributed by atoms with Crippen LogP contribution in [0.4, 0.5) is 8.78 Å². The van der Waals surface area contributed by atoms with Crippen LogP contribution in [0.2, 0.25) is 0 Å². The first-order valence-corrected chi connectivity index (χ1v) is 5.27. The van der Waals surface area contributed by atoms with E-state index in [4.69, 9.17) is 5.11 Å². The summed E-state index contributed by atoms with van der Waals surface area (Å²) in [6.45, 7) is 0.0687. The lowest BCUT2D eigenvalue weighted by molar-refractivity contribution is 0.269. The molecule has 1 aromatic rings. The minimum absolute atomic E-state index is 0.0687. The molecule has 0 aromatic heterocycles. The summed E-state index contributed by atoms with van der Waals surface area (Å²) in [7, 11) is 0. The first-order chi connectivity index (χ1) is 7.20. The fourth-order valence-corrected chi connectivity index (χ4v) is 2.10. The molecule has 1 aliphatic rings. The third kappa shape index (κ3) is 2.53. The minimum atomic E-state index is -0.534. The summed E-state index contributed by atoms with van der Waals surface area (Å²) in [5.74, 6) is -0.458. The molecule has 1 saturated carbocycles. The van der Waals surface area contributed by atoms with Gasteiger partial charge in [-0.1, -0.05) is 0 Å². The number of hydrogen-bond donors (Lipinski definition) is 1. The van der Waals surface area contributed by atoms with Crippen molar-refractivity contribution in [2.24, 2.45) is 5.92 Å². The van der Waals surface area contributed by atoms with Crippen LogP contribution in [0.15, 0.2) is 18.2 Å². The van der Waals surface area contributed by atoms with Gasteiger partial charge in [-0.05, 0) is 48.8 Å². The average Bonchev–Trinajstić information content (AvgIpc) is 2.95. The van der Waals surface area contributed by atoms with Crippen molar-refractivity contribution >= 4 is 0 Å². The zero-order valence-corrected chi connectivity index (χ0v) is 8.42. The van der Waals surface area contributed by atoms with Gasteiger partial charge in [0.25, 0.3) is 0 Å². The SMILES string of the molecule is OCCC(c1cc(F)cc(F)c1)C1CC1. The quantitative estimate of drug-likeness (QED) is 0.813. The lowest BCUT2D eigenvalue weighted by atomic mass is 9.91. The largest absolute Gasteiger partial charge is 0.396 e. The fraction of sp³-hybridized carbons (Fsp3) is 0.500. The highest BCUT2D eigenvalue weighted by atomic mass is 19.1.